The van der Waals surface area contributed by atoms with E-state index in [2.05, 4.69) is 11.0 Å². The molecule has 0 aromatic heterocycles. The second kappa shape index (κ2) is 6.31. The average Bonchev–Trinajstić information content (AvgIpc) is 3.05. The average molecular weight is 312 g/mol. The van der Waals surface area contributed by atoms with E-state index in [-0.39, 0.29) is 11.9 Å². The van der Waals surface area contributed by atoms with Gasteiger partial charge in [-0.2, -0.15) is 5.26 Å². The maximum Gasteiger partial charge on any atom is 0.235 e. The van der Waals surface area contributed by atoms with Gasteiger partial charge in [0.1, 0.15) is 0 Å². The zero-order valence-corrected chi connectivity index (χ0v) is 13.1. The zero-order chi connectivity index (χ0) is 16.4. The molecule has 5 nitrogen and oxygen atoms in total. The zero-order valence-electron chi connectivity index (χ0n) is 13.1. The molecule has 1 aromatic rings. The molecule has 0 bridgehead atoms. The fraction of sp³-hybridized carbons (Fsp3) is 0.500. The highest BCUT2D eigenvalue weighted by Gasteiger charge is 2.40. The third-order valence-electron chi connectivity index (χ3n) is 5.23. The molecule has 2 fully saturated rings. The van der Waals surface area contributed by atoms with Gasteiger partial charge in [-0.15, -0.1) is 0 Å². The van der Waals surface area contributed by atoms with E-state index in [4.69, 9.17) is 11.0 Å². The minimum Gasteiger partial charge on any atom is -0.385 e. The summed E-state index contributed by atoms with van der Waals surface area (Å²) in [6, 6.07) is 9.31. The minimum absolute atomic E-state index is 0.263. The summed E-state index contributed by atoms with van der Waals surface area (Å²) in [4.78, 5) is 13.7. The lowest BCUT2D eigenvalue weighted by molar-refractivity contribution is -0.122. The largest absolute Gasteiger partial charge is 0.385 e. The first-order valence-corrected chi connectivity index (χ1v) is 8.15. The lowest BCUT2D eigenvalue weighted by Gasteiger charge is -2.41. The second-order valence-corrected chi connectivity index (χ2v) is 6.56. The quantitative estimate of drug-likeness (QED) is 0.884. The topological polar surface area (TPSA) is 90.3 Å². The Bertz CT molecular complexity index is 612. The molecule has 1 atom stereocenters. The summed E-state index contributed by atoms with van der Waals surface area (Å²) in [6.45, 7) is 0.869. The third-order valence-corrected chi connectivity index (χ3v) is 5.23. The number of rotatable bonds is 3. The second-order valence-electron chi connectivity index (χ2n) is 6.56. The first kappa shape index (κ1) is 16.0. The highest BCUT2D eigenvalue weighted by molar-refractivity contribution is 5.81. The fourth-order valence-electron chi connectivity index (χ4n) is 3.90. The molecule has 2 aliphatic rings. The van der Waals surface area contributed by atoms with Gasteiger partial charge in [-0.05, 0) is 62.8 Å². The van der Waals surface area contributed by atoms with Crippen molar-refractivity contribution in [2.75, 3.05) is 6.54 Å². The number of carbonyl (C=O) groups excluding carboxylic acids is 1. The van der Waals surface area contributed by atoms with Gasteiger partial charge in [0.2, 0.25) is 5.91 Å². The number of carbonyl (C=O) groups is 1. The van der Waals surface area contributed by atoms with Gasteiger partial charge in [0.25, 0.3) is 0 Å². The number of nitriles is 1. The Labute approximate surface area is 136 Å². The first-order chi connectivity index (χ1) is 11.0. The molecule has 0 spiro atoms. The Morgan fingerprint density at radius 1 is 1.30 bits per heavy atom. The summed E-state index contributed by atoms with van der Waals surface area (Å²) >= 11 is 0. The third kappa shape index (κ3) is 3.10. The van der Waals surface area contributed by atoms with Crippen LogP contribution >= 0.6 is 0 Å². The van der Waals surface area contributed by atoms with Crippen LogP contribution in [0.4, 0.5) is 0 Å². The molecule has 1 aliphatic carbocycles. The van der Waals surface area contributed by atoms with Crippen LogP contribution in [-0.4, -0.2) is 34.5 Å². The number of hydrogen-bond acceptors (Lipinski definition) is 4. The van der Waals surface area contributed by atoms with E-state index in [0.29, 0.717) is 24.4 Å². The van der Waals surface area contributed by atoms with Crippen molar-refractivity contribution in [2.24, 2.45) is 5.73 Å². The van der Waals surface area contributed by atoms with Crippen LogP contribution in [0.25, 0.3) is 0 Å². The molecule has 1 heterocycles. The van der Waals surface area contributed by atoms with Gasteiger partial charge < -0.3 is 10.8 Å². The molecular weight excluding hydrogens is 290 g/mol. The van der Waals surface area contributed by atoms with Crippen LogP contribution in [0.15, 0.2) is 24.3 Å². The Balaban J connectivity index is 1.67. The predicted molar refractivity (Wildman–Crippen MR) is 85.9 cm³/mol. The molecule has 1 radical (unpaired) electrons. The van der Waals surface area contributed by atoms with E-state index < -0.39 is 5.60 Å². The normalized spacial score (nSPS) is 31.7. The summed E-state index contributed by atoms with van der Waals surface area (Å²) in [6.07, 6.45) is 5.88. The van der Waals surface area contributed by atoms with E-state index >= 15 is 0 Å². The summed E-state index contributed by atoms with van der Waals surface area (Å²) in [7, 11) is 0. The number of benzene rings is 1. The van der Waals surface area contributed by atoms with Crippen LogP contribution in [0.1, 0.15) is 43.2 Å². The molecule has 121 valence electrons. The summed E-state index contributed by atoms with van der Waals surface area (Å²) in [5.74, 6) is -0.282. The molecular formula is C18H22N3O2. The van der Waals surface area contributed by atoms with E-state index in [1.54, 1.807) is 12.1 Å². The number of primary amides is 1. The number of aliphatic hydroxyl groups is 1. The molecule has 5 heteroatoms. The number of amides is 1. The smallest absolute Gasteiger partial charge is 0.235 e. The predicted octanol–water partition coefficient (Wildman–Crippen LogP) is 1.45. The van der Waals surface area contributed by atoms with Gasteiger partial charge in [0, 0.05) is 6.04 Å². The molecule has 1 aromatic carbocycles. The van der Waals surface area contributed by atoms with Crippen molar-refractivity contribution >= 4 is 5.91 Å². The molecule has 1 saturated heterocycles. The van der Waals surface area contributed by atoms with Gasteiger partial charge in [-0.3, -0.25) is 9.69 Å². The number of nitrogens with two attached hydrogens (primary N) is 1. The fourth-order valence-corrected chi connectivity index (χ4v) is 3.90. The standard InChI is InChI=1S/C18H22N3O2/c19-12-13-3-5-14(6-4-13)18(23)9-7-15(8-10-18)21-11-1-2-16(21)17(20)22/h2-6,15-16,23H,1,7-11H2,(H2,20,22). The summed E-state index contributed by atoms with van der Waals surface area (Å²) < 4.78 is 0. The summed E-state index contributed by atoms with van der Waals surface area (Å²) in [5.41, 5.74) is 6.11. The maximum atomic E-state index is 11.5. The van der Waals surface area contributed by atoms with Crippen molar-refractivity contribution in [1.82, 2.24) is 4.90 Å². The molecule has 1 aliphatic heterocycles. The van der Waals surface area contributed by atoms with Gasteiger partial charge in [-0.1, -0.05) is 12.1 Å². The highest BCUT2D eigenvalue weighted by Crippen LogP contribution is 2.40. The van der Waals surface area contributed by atoms with Crippen LogP contribution in [0.3, 0.4) is 0 Å². The van der Waals surface area contributed by atoms with Crippen molar-refractivity contribution in [3.05, 3.63) is 41.8 Å². The van der Waals surface area contributed by atoms with E-state index in [9.17, 15) is 9.90 Å². The van der Waals surface area contributed by atoms with Crippen molar-refractivity contribution in [3.63, 3.8) is 0 Å². The molecule has 1 unspecified atom stereocenters. The molecule has 23 heavy (non-hydrogen) atoms. The monoisotopic (exact) mass is 312 g/mol. The van der Waals surface area contributed by atoms with Crippen LogP contribution in [-0.2, 0) is 10.4 Å². The first-order valence-electron chi connectivity index (χ1n) is 8.15. The molecule has 3 N–H and O–H groups in total. The Hall–Kier alpha value is -1.90. The van der Waals surface area contributed by atoms with Crippen LogP contribution in [0.2, 0.25) is 0 Å². The van der Waals surface area contributed by atoms with Crippen molar-refractivity contribution < 1.29 is 9.90 Å². The number of nitrogens with zero attached hydrogens (tertiary/aromatic N) is 2. The SMILES string of the molecule is N#Cc1ccc(C2(O)CCC(N3CC[CH]C3C(N)=O)CC2)cc1. The van der Waals surface area contributed by atoms with Crippen molar-refractivity contribution in [2.45, 2.75) is 49.8 Å². The Morgan fingerprint density at radius 3 is 2.52 bits per heavy atom. The lowest BCUT2D eigenvalue weighted by atomic mass is 9.77. The number of likely N-dealkylation sites (tertiary alicyclic amines) is 1. The van der Waals surface area contributed by atoms with E-state index in [1.165, 1.54) is 0 Å². The minimum atomic E-state index is -0.837. The highest BCUT2D eigenvalue weighted by atomic mass is 16.3. The van der Waals surface area contributed by atoms with E-state index in [1.807, 2.05) is 18.6 Å². The Morgan fingerprint density at radius 2 is 1.96 bits per heavy atom. The maximum absolute atomic E-state index is 11.5. The van der Waals surface area contributed by atoms with Crippen LogP contribution < -0.4 is 5.73 Å². The van der Waals surface area contributed by atoms with Gasteiger partial charge >= 0.3 is 0 Å². The van der Waals surface area contributed by atoms with Crippen LogP contribution in [0, 0.1) is 17.8 Å². The molecule has 3 rings (SSSR count). The Kier molecular flexibility index (Phi) is 4.38. The van der Waals surface area contributed by atoms with Gasteiger partial charge in [0.05, 0.1) is 23.3 Å². The number of hydrogen-bond donors (Lipinski definition) is 2. The van der Waals surface area contributed by atoms with Gasteiger partial charge in [0.15, 0.2) is 0 Å². The van der Waals surface area contributed by atoms with E-state index in [0.717, 1.165) is 31.4 Å². The summed E-state index contributed by atoms with van der Waals surface area (Å²) in [5, 5.41) is 19.8. The van der Waals surface area contributed by atoms with Gasteiger partial charge in [-0.25, -0.2) is 0 Å². The molecule has 1 amide bonds. The lowest BCUT2D eigenvalue weighted by Crippen LogP contribution is -2.49. The van der Waals surface area contributed by atoms with Crippen molar-refractivity contribution in [3.8, 4) is 6.07 Å². The molecule has 1 saturated carbocycles. The van der Waals surface area contributed by atoms with Crippen molar-refractivity contribution in [1.29, 1.82) is 5.26 Å². The van der Waals surface area contributed by atoms with Crippen LogP contribution in [0.5, 0.6) is 0 Å².